The van der Waals surface area contributed by atoms with E-state index >= 15 is 0 Å². The van der Waals surface area contributed by atoms with Crippen molar-refractivity contribution in [1.29, 1.82) is 0 Å². The predicted molar refractivity (Wildman–Crippen MR) is 387 cm³/mol. The molecule has 516 valence electrons. The summed E-state index contributed by atoms with van der Waals surface area (Å²) in [6.45, 7) is 7.98. The maximum atomic E-state index is 13.1. The fourth-order valence-corrected chi connectivity index (χ4v) is 12.7. The lowest BCUT2D eigenvalue weighted by Crippen LogP contribution is -2.56. The van der Waals surface area contributed by atoms with E-state index < -0.39 is 11.1 Å². The van der Waals surface area contributed by atoms with Gasteiger partial charge >= 0.3 is 0 Å². The van der Waals surface area contributed by atoms with Crippen LogP contribution in [0.3, 0.4) is 0 Å². The number of benzene rings is 3. The summed E-state index contributed by atoms with van der Waals surface area (Å²) in [5.41, 5.74) is 9.10. The second kappa shape index (κ2) is 28.9. The third-order valence-electron chi connectivity index (χ3n) is 19.2. The number of aromatic nitrogens is 15. The highest BCUT2D eigenvalue weighted by Crippen LogP contribution is 2.29. The molecule has 26 nitrogen and oxygen atoms in total. The number of pyridine rings is 6. The lowest BCUT2D eigenvalue weighted by Gasteiger charge is -2.47. The van der Waals surface area contributed by atoms with E-state index in [4.69, 9.17) is 2.74 Å². The summed E-state index contributed by atoms with van der Waals surface area (Å²) >= 11 is 0. The van der Waals surface area contributed by atoms with Crippen LogP contribution in [0.15, 0.2) is 165 Å². The van der Waals surface area contributed by atoms with E-state index in [2.05, 4.69) is 99.9 Å². The molecular weight excluding hydrogens is 1270 g/mol. The van der Waals surface area contributed by atoms with E-state index in [0.29, 0.717) is 52.8 Å². The molecule has 0 unspecified atom stereocenters. The topological polar surface area (TPSA) is 268 Å². The van der Waals surface area contributed by atoms with Crippen molar-refractivity contribution in [2.24, 2.45) is 21.1 Å². The van der Waals surface area contributed by atoms with Gasteiger partial charge in [0.25, 0.3) is 5.82 Å². The molecule has 0 bridgehead atoms. The molecule has 26 heteroatoms. The number of anilines is 3. The Balaban J connectivity index is 0.000000138. The highest BCUT2D eigenvalue weighted by Gasteiger charge is 2.32. The molecule has 3 aliphatic heterocycles. The lowest BCUT2D eigenvalue weighted by atomic mass is 10.0. The molecule has 3 saturated heterocycles. The van der Waals surface area contributed by atoms with Crippen LogP contribution in [-0.4, -0.2) is 214 Å². The van der Waals surface area contributed by atoms with Gasteiger partial charge in [0.15, 0.2) is 17.3 Å². The molecule has 0 N–H and O–H groups in total. The molecule has 3 aliphatic rings. The Morgan fingerprint density at radius 3 is 1.17 bits per heavy atom. The first-order valence-corrected chi connectivity index (χ1v) is 33.7. The number of piperazine rings is 3. The van der Waals surface area contributed by atoms with Gasteiger partial charge in [-0.2, -0.15) is 0 Å². The summed E-state index contributed by atoms with van der Waals surface area (Å²) in [5, 5.41) is 55.7. The maximum absolute atomic E-state index is 13.1. The van der Waals surface area contributed by atoms with Crippen molar-refractivity contribution in [3.8, 4) is 33.8 Å². The predicted octanol–water partition coefficient (Wildman–Crippen LogP) is 7.74. The number of carbonyl (C=O) groups excluding carboxylic acids is 3. The van der Waals surface area contributed by atoms with Crippen LogP contribution in [-0.2, 0) is 40.4 Å². The van der Waals surface area contributed by atoms with Crippen molar-refractivity contribution in [2.75, 3.05) is 128 Å². The third-order valence-corrected chi connectivity index (χ3v) is 19.2. The summed E-state index contributed by atoms with van der Waals surface area (Å²) < 4.78 is 22.6. The molecule has 0 saturated carbocycles. The Kier molecular flexibility index (Phi) is 18.8. The van der Waals surface area contributed by atoms with Gasteiger partial charge in [0.05, 0.1) is 134 Å². The van der Waals surface area contributed by atoms with Crippen molar-refractivity contribution in [2.45, 2.75) is 26.2 Å². The standard InChI is InChI=1S/C25H28N7O2.C25H27N7O2.C25H28N7O/c1-29-17-23(27-28-29)18-4-5-20-16-26-22(13-21(20)12-18)15-24(33)19-6-7-31(34)25(14-19)30-8-10-32(2,3)11-9-30;1-3-32(34)10-8-31(9-11-32)25-14-19(6-7-26-25)24(33)15-22-13-21-12-18(4-5-20(21)16-27-22)23-17-30(2)29-28-23;1-30-17-23(28-29-30)18-4-5-20-16-27-22(13-21(20)12-18)15-24(33)19-6-7-26-25(14-19)31-8-10-32(2,3)11-9-31/h4-7,12-14,16-17H,8-11,15H2,1-3H3;4-7,12-14,16-17H,3,8-11,15H2,1-2H3;4-7,12-14,16-17H,8-11,15H2,1-3H3/q+1;;+1/i;3D2;. The highest BCUT2D eigenvalue weighted by atomic mass is 16.5. The van der Waals surface area contributed by atoms with Crippen LogP contribution in [0.2, 0.25) is 0 Å². The van der Waals surface area contributed by atoms with Gasteiger partial charge in [0.2, 0.25) is 0 Å². The van der Waals surface area contributed by atoms with Crippen LogP contribution >= 0.6 is 0 Å². The van der Waals surface area contributed by atoms with Gasteiger partial charge in [-0.3, -0.25) is 43.4 Å². The van der Waals surface area contributed by atoms with Crippen LogP contribution in [0.1, 0.15) is 57.8 Å². The second-order valence-electron chi connectivity index (χ2n) is 27.5. The zero-order valence-corrected chi connectivity index (χ0v) is 58.1. The molecule has 0 radical (unpaired) electrons. The van der Waals surface area contributed by atoms with Crippen LogP contribution in [0.5, 0.6) is 0 Å². The molecule has 9 aromatic heterocycles. The van der Waals surface area contributed by atoms with Crippen molar-refractivity contribution in [3.05, 3.63) is 209 Å². The van der Waals surface area contributed by atoms with Gasteiger partial charge in [0.1, 0.15) is 54.9 Å². The van der Waals surface area contributed by atoms with Crippen molar-refractivity contribution in [3.63, 3.8) is 0 Å². The summed E-state index contributed by atoms with van der Waals surface area (Å²) in [6, 6.07) is 34.4. The molecule has 15 rings (SSSR count). The van der Waals surface area contributed by atoms with Crippen LogP contribution in [0.4, 0.5) is 17.5 Å². The Hall–Kier alpha value is -11.2. The van der Waals surface area contributed by atoms with E-state index in [0.717, 1.165) is 144 Å². The number of hydrogen-bond acceptors (Lipinski definition) is 19. The number of ketones is 3. The molecule has 101 heavy (non-hydrogen) atoms. The van der Waals surface area contributed by atoms with Gasteiger partial charge in [0, 0.05) is 125 Å². The van der Waals surface area contributed by atoms with Crippen molar-refractivity contribution in [1.82, 2.24) is 69.9 Å². The molecule has 0 spiro atoms. The Morgan fingerprint density at radius 1 is 0.455 bits per heavy atom. The first kappa shape index (κ1) is 65.7. The molecule has 0 aliphatic carbocycles. The van der Waals surface area contributed by atoms with E-state index in [-0.39, 0.29) is 49.7 Å². The SMILES string of the molecule is Cn1cc(-c2ccc3cnc(CC(=O)c4cc[n+]([O-])c(N5CC[N+](C)(C)CC5)c4)cc3c2)nn1.Cn1cc(-c2ccc3cnc(CC(=O)c4ccnc(N5CC[N+](C)(C)CC5)c4)cc3c2)nn1.[2H]C([2H])(C)[N+]1([O-])CCN(c2cc(C(=O)Cc3cc4cc(-c5cn(C)nn5)ccc4cn3)ccn2)CC1. The summed E-state index contributed by atoms with van der Waals surface area (Å²) in [4.78, 5) is 67.9. The van der Waals surface area contributed by atoms with Gasteiger partial charge in [-0.05, 0) is 89.8 Å². The molecule has 0 amide bonds. The van der Waals surface area contributed by atoms with Gasteiger partial charge in [-0.1, -0.05) is 52.0 Å². The first-order valence-electron chi connectivity index (χ1n) is 34.7. The van der Waals surface area contributed by atoms with Crippen LogP contribution in [0, 0.1) is 10.4 Å². The zero-order valence-electron chi connectivity index (χ0n) is 60.1. The summed E-state index contributed by atoms with van der Waals surface area (Å²) in [6.07, 6.45) is 16.3. The Bertz CT molecular complexity index is 5120. The van der Waals surface area contributed by atoms with E-state index in [9.17, 15) is 24.8 Å². The van der Waals surface area contributed by atoms with Crippen molar-refractivity contribution < 1.29 is 35.5 Å². The minimum atomic E-state index is -1.85. The van der Waals surface area contributed by atoms with Crippen LogP contribution in [0.25, 0.3) is 66.1 Å². The normalized spacial score (nSPS) is 16.0. The smallest absolute Gasteiger partial charge is 0.280 e. The fraction of sp³-hybridized carbons (Fsp3) is 0.320. The average molecular weight is 1360 g/mol. The number of hydrogen-bond donors (Lipinski definition) is 0. The lowest BCUT2D eigenvalue weighted by molar-refractivity contribution is -0.890. The number of quaternary nitrogens is 3. The van der Waals surface area contributed by atoms with Gasteiger partial charge in [-0.25, -0.2) is 19.6 Å². The minimum Gasteiger partial charge on any atom is -0.711 e. The second-order valence-corrected chi connectivity index (χ2v) is 27.5. The number of hydroxylamine groups is 3. The Labute approximate surface area is 588 Å². The number of rotatable bonds is 16. The van der Waals surface area contributed by atoms with Crippen LogP contribution < -0.4 is 19.4 Å². The van der Waals surface area contributed by atoms with E-state index in [1.54, 1.807) is 69.2 Å². The third kappa shape index (κ3) is 16.4. The number of likely N-dealkylation sites (N-methyl/N-ethyl adjacent to an activating group) is 3. The van der Waals surface area contributed by atoms with Gasteiger partial charge in [-0.15, -0.1) is 15.3 Å². The largest absolute Gasteiger partial charge is 0.711 e. The monoisotopic (exact) mass is 1360 g/mol. The highest BCUT2D eigenvalue weighted by molar-refractivity contribution is 6.00. The minimum absolute atomic E-state index is 0.0451. The molecule has 0 atom stereocenters. The van der Waals surface area contributed by atoms with E-state index in [1.807, 2.05) is 124 Å². The van der Waals surface area contributed by atoms with Gasteiger partial charge < -0.3 is 33.8 Å². The Morgan fingerprint density at radius 2 is 0.812 bits per heavy atom. The molecule has 12 aromatic rings. The number of aryl methyl sites for hydroxylation is 3. The fourth-order valence-electron chi connectivity index (χ4n) is 12.7. The zero-order chi connectivity index (χ0) is 72.4. The molecular formula is C75H83N21O5+2. The average Bonchev–Trinajstić information content (AvgIpc) is 1.53. The van der Waals surface area contributed by atoms with Crippen molar-refractivity contribution >= 4 is 67.1 Å². The maximum Gasteiger partial charge on any atom is 0.280 e. The van der Waals surface area contributed by atoms with E-state index in [1.165, 1.54) is 13.1 Å². The number of fused-ring (bicyclic) bond motifs is 3. The molecule has 3 fully saturated rings. The molecule has 12 heterocycles. The summed E-state index contributed by atoms with van der Waals surface area (Å²) in [5.74, 6) is 1.93. The summed E-state index contributed by atoms with van der Waals surface area (Å²) in [7, 11) is 14.4. The first-order chi connectivity index (χ1) is 49.2. The number of carbonyl (C=O) groups is 3. The molecule has 3 aromatic carbocycles. The quantitative estimate of drug-likeness (QED) is 0.0387. The number of Topliss-reactive ketones (excluding diaryl/α,β-unsaturated/α-hetero) is 3. The number of nitrogens with zero attached hydrogens (tertiary/aromatic N) is 21.